The van der Waals surface area contributed by atoms with E-state index < -0.39 is 31.7 Å². The molecule has 0 radical (unpaired) electrons. The van der Waals surface area contributed by atoms with E-state index in [0.717, 1.165) is 12.1 Å². The van der Waals surface area contributed by atoms with Crippen molar-refractivity contribution in [1.29, 1.82) is 0 Å². The van der Waals surface area contributed by atoms with Crippen molar-refractivity contribution in [3.8, 4) is 0 Å². The topological polar surface area (TPSA) is 84.2 Å². The lowest BCUT2D eigenvalue weighted by Gasteiger charge is -2.12. The van der Waals surface area contributed by atoms with E-state index in [1.807, 2.05) is 5.43 Å². The third kappa shape index (κ3) is 4.20. The molecule has 0 saturated heterocycles. The van der Waals surface area contributed by atoms with Gasteiger partial charge in [-0.05, 0) is 30.4 Å². The average Bonchev–Trinajstić information content (AvgIpc) is 2.25. The summed E-state index contributed by atoms with van der Waals surface area (Å²) < 4.78 is 61.0. The predicted octanol–water partition coefficient (Wildman–Crippen LogP) is 1.39. The second kappa shape index (κ2) is 5.49. The molecule has 0 fully saturated rings. The van der Waals surface area contributed by atoms with Crippen molar-refractivity contribution in [2.45, 2.75) is 11.1 Å². The number of alkyl halides is 3. The number of thiocarbonyl (C=S) groups is 1. The number of halogens is 4. The first-order valence-corrected chi connectivity index (χ1v) is 6.75. The van der Waals surface area contributed by atoms with Gasteiger partial charge < -0.3 is 5.73 Å². The highest BCUT2D eigenvalue weighted by Crippen LogP contribution is 2.35. The molecule has 0 aliphatic rings. The van der Waals surface area contributed by atoms with Gasteiger partial charge in [-0.15, -0.1) is 4.83 Å². The Labute approximate surface area is 116 Å². The Morgan fingerprint density at radius 3 is 2.42 bits per heavy atom. The molecule has 1 rings (SSSR count). The number of nitrogens with one attached hydrogen (secondary N) is 2. The van der Waals surface area contributed by atoms with Gasteiger partial charge in [-0.2, -0.15) is 13.2 Å². The summed E-state index contributed by atoms with van der Waals surface area (Å²) in [5.74, 6) is 0. The van der Waals surface area contributed by atoms with Crippen molar-refractivity contribution in [1.82, 2.24) is 10.3 Å². The van der Waals surface area contributed by atoms with Gasteiger partial charge in [0.15, 0.2) is 5.11 Å². The van der Waals surface area contributed by atoms with Gasteiger partial charge in [0.05, 0.1) is 15.5 Å². The first kappa shape index (κ1) is 16.0. The molecular weight excluding hydrogens is 327 g/mol. The van der Waals surface area contributed by atoms with Crippen LogP contribution in [0.4, 0.5) is 13.2 Å². The summed E-state index contributed by atoms with van der Waals surface area (Å²) in [4.78, 5) is 1.09. The van der Waals surface area contributed by atoms with E-state index in [-0.39, 0.29) is 5.11 Å². The predicted molar refractivity (Wildman–Crippen MR) is 66.7 cm³/mol. The Hall–Kier alpha value is -1.10. The van der Waals surface area contributed by atoms with Crippen molar-refractivity contribution < 1.29 is 21.6 Å². The number of nitrogens with two attached hydrogens (primary N) is 1. The molecule has 0 heterocycles. The molecule has 1 aromatic carbocycles. The summed E-state index contributed by atoms with van der Waals surface area (Å²) in [6.45, 7) is 0. The van der Waals surface area contributed by atoms with Crippen LogP contribution in [0.1, 0.15) is 5.56 Å². The fourth-order valence-corrected chi connectivity index (χ4v) is 2.29. The lowest BCUT2D eigenvalue weighted by atomic mass is 10.2. The van der Waals surface area contributed by atoms with Crippen LogP contribution in [0.5, 0.6) is 0 Å². The zero-order valence-corrected chi connectivity index (χ0v) is 11.3. The maximum Gasteiger partial charge on any atom is 0.417 e. The standard InChI is InChI=1S/C8H7ClF3N3O2S2/c9-6-2-1-4(3-5(6)8(10,11)12)19(16,17)15-14-7(13)18/h1-3,15H,(H3,13,14,18). The summed E-state index contributed by atoms with van der Waals surface area (Å²) in [6.07, 6.45) is -4.76. The highest BCUT2D eigenvalue weighted by Gasteiger charge is 2.34. The molecule has 0 atom stereocenters. The summed E-state index contributed by atoms with van der Waals surface area (Å²) in [7, 11) is -4.24. The van der Waals surface area contributed by atoms with Crippen molar-refractivity contribution in [2.75, 3.05) is 0 Å². The van der Waals surface area contributed by atoms with Crippen LogP contribution in [0.25, 0.3) is 0 Å². The Bertz CT molecular complexity index is 604. The minimum Gasteiger partial charge on any atom is -0.375 e. The summed E-state index contributed by atoms with van der Waals surface area (Å²) in [6, 6.07) is 2.16. The molecule has 5 nitrogen and oxygen atoms in total. The van der Waals surface area contributed by atoms with Gasteiger partial charge in [-0.1, -0.05) is 11.6 Å². The lowest BCUT2D eigenvalue weighted by Crippen LogP contribution is -2.44. The molecule has 0 bridgehead atoms. The Kier molecular flexibility index (Phi) is 4.61. The first-order chi connectivity index (χ1) is 8.54. The van der Waals surface area contributed by atoms with Crippen LogP contribution in [-0.4, -0.2) is 13.5 Å². The van der Waals surface area contributed by atoms with Crippen LogP contribution in [0.3, 0.4) is 0 Å². The number of benzene rings is 1. The minimum atomic E-state index is -4.76. The van der Waals surface area contributed by atoms with Crippen LogP contribution in [0.15, 0.2) is 23.1 Å². The highest BCUT2D eigenvalue weighted by atomic mass is 35.5. The van der Waals surface area contributed by atoms with Crippen molar-refractivity contribution >= 4 is 39.0 Å². The Morgan fingerprint density at radius 2 is 1.95 bits per heavy atom. The summed E-state index contributed by atoms with van der Waals surface area (Å²) in [5, 5.41) is -0.984. The third-order valence-corrected chi connectivity index (χ3v) is 3.54. The van der Waals surface area contributed by atoms with Crippen LogP contribution in [0.2, 0.25) is 5.02 Å². The molecule has 0 saturated carbocycles. The smallest absolute Gasteiger partial charge is 0.375 e. The summed E-state index contributed by atoms with van der Waals surface area (Å²) in [5.41, 5.74) is 5.65. The first-order valence-electron chi connectivity index (χ1n) is 4.48. The van der Waals surface area contributed by atoms with E-state index in [9.17, 15) is 21.6 Å². The van der Waals surface area contributed by atoms with Crippen LogP contribution >= 0.6 is 23.8 Å². The second-order valence-corrected chi connectivity index (χ2v) is 5.76. The fourth-order valence-electron chi connectivity index (χ4n) is 1.07. The molecule has 11 heteroatoms. The largest absolute Gasteiger partial charge is 0.417 e. The monoisotopic (exact) mass is 333 g/mol. The highest BCUT2D eigenvalue weighted by molar-refractivity contribution is 7.89. The van der Waals surface area contributed by atoms with Crippen LogP contribution in [-0.2, 0) is 16.2 Å². The molecule has 0 aliphatic heterocycles. The van der Waals surface area contributed by atoms with E-state index >= 15 is 0 Å². The van der Waals surface area contributed by atoms with Gasteiger partial charge in [0.2, 0.25) is 0 Å². The molecule has 1 aromatic rings. The quantitative estimate of drug-likeness (QED) is 0.575. The molecule has 106 valence electrons. The number of hydrazine groups is 1. The van der Waals surface area contributed by atoms with Gasteiger partial charge in [0.1, 0.15) is 0 Å². The van der Waals surface area contributed by atoms with Crippen molar-refractivity contribution in [3.05, 3.63) is 28.8 Å². The van der Waals surface area contributed by atoms with Crippen molar-refractivity contribution in [3.63, 3.8) is 0 Å². The number of rotatable bonds is 3. The van der Waals surface area contributed by atoms with Crippen molar-refractivity contribution in [2.24, 2.45) is 5.73 Å². The zero-order valence-electron chi connectivity index (χ0n) is 8.95. The molecule has 4 N–H and O–H groups in total. The van der Waals surface area contributed by atoms with Gasteiger partial charge >= 0.3 is 6.18 Å². The molecule has 0 spiro atoms. The average molecular weight is 334 g/mol. The molecule has 0 amide bonds. The van der Waals surface area contributed by atoms with E-state index in [2.05, 4.69) is 12.2 Å². The van der Waals surface area contributed by atoms with E-state index in [4.69, 9.17) is 17.3 Å². The Morgan fingerprint density at radius 1 is 1.37 bits per heavy atom. The third-order valence-electron chi connectivity index (χ3n) is 1.86. The van der Waals surface area contributed by atoms with E-state index in [1.165, 1.54) is 0 Å². The molecular formula is C8H7ClF3N3O2S2. The van der Waals surface area contributed by atoms with Gasteiger partial charge in [0.25, 0.3) is 10.0 Å². The molecule has 0 aromatic heterocycles. The minimum absolute atomic E-state index is 0.381. The van der Waals surface area contributed by atoms with E-state index in [1.54, 1.807) is 4.83 Å². The van der Waals surface area contributed by atoms with Crippen LogP contribution in [0, 0.1) is 0 Å². The number of hydrogen-bond acceptors (Lipinski definition) is 3. The van der Waals surface area contributed by atoms with E-state index in [0.29, 0.717) is 6.07 Å². The maximum absolute atomic E-state index is 12.6. The zero-order chi connectivity index (χ0) is 14.8. The SMILES string of the molecule is NC(=S)NNS(=O)(=O)c1ccc(Cl)c(C(F)(F)F)c1. The van der Waals surface area contributed by atoms with Gasteiger partial charge in [0, 0.05) is 0 Å². The molecule has 19 heavy (non-hydrogen) atoms. The Balaban J connectivity index is 3.19. The normalized spacial score (nSPS) is 12.2. The van der Waals surface area contributed by atoms with Crippen LogP contribution < -0.4 is 16.0 Å². The molecule has 0 unspecified atom stereocenters. The van der Waals surface area contributed by atoms with Gasteiger partial charge in [-0.3, -0.25) is 5.43 Å². The lowest BCUT2D eigenvalue weighted by molar-refractivity contribution is -0.137. The second-order valence-electron chi connectivity index (χ2n) is 3.23. The number of hydrogen-bond donors (Lipinski definition) is 3. The summed E-state index contributed by atoms with van der Waals surface area (Å²) >= 11 is 9.72. The maximum atomic E-state index is 12.6. The fraction of sp³-hybridized carbons (Fsp3) is 0.125. The number of sulfonamides is 1. The van der Waals surface area contributed by atoms with Gasteiger partial charge in [-0.25, -0.2) is 8.42 Å². The molecule has 0 aliphatic carbocycles.